The van der Waals surface area contributed by atoms with Crippen molar-refractivity contribution >= 4 is 5.91 Å². The molecule has 0 saturated heterocycles. The number of nitrogens with zero attached hydrogens (tertiary/aromatic N) is 1. The Labute approximate surface area is 133 Å². The van der Waals surface area contributed by atoms with Gasteiger partial charge in [0.2, 0.25) is 5.91 Å². The maximum absolute atomic E-state index is 12.8. The van der Waals surface area contributed by atoms with Crippen LogP contribution in [0.15, 0.2) is 60.7 Å². The number of carbonyl (C=O) groups is 1. The predicted octanol–water partition coefficient (Wildman–Crippen LogP) is 4.51. The zero-order valence-electron chi connectivity index (χ0n) is 13.7. The molecule has 0 radical (unpaired) electrons. The average molecular weight is 295 g/mol. The molecule has 2 aromatic carbocycles. The van der Waals surface area contributed by atoms with E-state index in [1.54, 1.807) is 0 Å². The molecule has 0 aliphatic carbocycles. The number of rotatable bonds is 6. The van der Waals surface area contributed by atoms with Crippen LogP contribution in [-0.4, -0.2) is 10.8 Å². The molecule has 1 amide bonds. The van der Waals surface area contributed by atoms with Gasteiger partial charge in [-0.3, -0.25) is 4.79 Å². The van der Waals surface area contributed by atoms with Gasteiger partial charge in [-0.2, -0.15) is 0 Å². The van der Waals surface area contributed by atoms with E-state index in [2.05, 4.69) is 38.1 Å². The Balaban J connectivity index is 2.18. The molecule has 2 rings (SSSR count). The first kappa shape index (κ1) is 16.3. The Bertz CT molecular complexity index is 536. The third-order valence-corrected chi connectivity index (χ3v) is 4.13. The molecule has 1 atom stereocenters. The minimum atomic E-state index is 0.0347. The van der Waals surface area contributed by atoms with Crippen LogP contribution in [0.4, 0.5) is 0 Å². The van der Waals surface area contributed by atoms with E-state index in [-0.39, 0.29) is 11.8 Å². The van der Waals surface area contributed by atoms with Crippen molar-refractivity contribution in [3.05, 3.63) is 71.8 Å². The SMILES string of the molecule is CC(C)C(C)C(=O)N(Cc1ccccc1)Cc1ccccc1. The number of benzene rings is 2. The van der Waals surface area contributed by atoms with E-state index in [1.165, 1.54) is 11.1 Å². The Kier molecular flexibility index (Phi) is 5.76. The first-order valence-corrected chi connectivity index (χ1v) is 7.94. The van der Waals surface area contributed by atoms with E-state index in [1.807, 2.05) is 48.2 Å². The molecular weight excluding hydrogens is 270 g/mol. The molecule has 0 fully saturated rings. The van der Waals surface area contributed by atoms with Crippen molar-refractivity contribution in [1.82, 2.24) is 4.90 Å². The quantitative estimate of drug-likeness (QED) is 0.768. The average Bonchev–Trinajstić information content (AvgIpc) is 2.54. The molecule has 0 spiro atoms. The largest absolute Gasteiger partial charge is 0.334 e. The fraction of sp³-hybridized carbons (Fsp3) is 0.350. The highest BCUT2D eigenvalue weighted by atomic mass is 16.2. The van der Waals surface area contributed by atoms with Crippen LogP contribution < -0.4 is 0 Å². The maximum atomic E-state index is 12.8. The summed E-state index contributed by atoms with van der Waals surface area (Å²) in [5, 5.41) is 0. The molecule has 1 unspecified atom stereocenters. The predicted molar refractivity (Wildman–Crippen MR) is 91.1 cm³/mol. The van der Waals surface area contributed by atoms with Crippen LogP contribution in [0, 0.1) is 11.8 Å². The molecular formula is C20H25NO. The van der Waals surface area contributed by atoms with Gasteiger partial charge in [-0.05, 0) is 17.0 Å². The monoisotopic (exact) mass is 295 g/mol. The van der Waals surface area contributed by atoms with Gasteiger partial charge in [0.15, 0.2) is 0 Å². The third kappa shape index (κ3) is 4.45. The minimum Gasteiger partial charge on any atom is -0.334 e. The smallest absolute Gasteiger partial charge is 0.226 e. The molecule has 2 heteroatoms. The summed E-state index contributed by atoms with van der Waals surface area (Å²) in [7, 11) is 0. The summed E-state index contributed by atoms with van der Waals surface area (Å²) in [6.45, 7) is 7.55. The molecule has 0 N–H and O–H groups in total. The van der Waals surface area contributed by atoms with Crippen molar-refractivity contribution in [3.63, 3.8) is 0 Å². The highest BCUT2D eigenvalue weighted by Crippen LogP contribution is 2.18. The van der Waals surface area contributed by atoms with E-state index < -0.39 is 0 Å². The van der Waals surface area contributed by atoms with Gasteiger partial charge in [-0.25, -0.2) is 0 Å². The van der Waals surface area contributed by atoms with Crippen molar-refractivity contribution in [1.29, 1.82) is 0 Å². The van der Waals surface area contributed by atoms with Gasteiger partial charge in [0.05, 0.1) is 0 Å². The van der Waals surface area contributed by atoms with Gasteiger partial charge < -0.3 is 4.90 Å². The van der Waals surface area contributed by atoms with Crippen LogP contribution in [0.2, 0.25) is 0 Å². The van der Waals surface area contributed by atoms with Crippen LogP contribution in [-0.2, 0) is 17.9 Å². The standard InChI is InChI=1S/C20H25NO/c1-16(2)17(3)20(22)21(14-18-10-6-4-7-11-18)15-19-12-8-5-9-13-19/h4-13,16-17H,14-15H2,1-3H3. The Morgan fingerprint density at radius 1 is 0.818 bits per heavy atom. The molecule has 2 aromatic rings. The fourth-order valence-corrected chi connectivity index (χ4v) is 2.39. The first-order valence-electron chi connectivity index (χ1n) is 7.94. The normalized spacial score (nSPS) is 12.2. The molecule has 0 aromatic heterocycles. The summed E-state index contributed by atoms with van der Waals surface area (Å²) in [6, 6.07) is 20.4. The van der Waals surface area contributed by atoms with Crippen LogP contribution in [0.25, 0.3) is 0 Å². The lowest BCUT2D eigenvalue weighted by Gasteiger charge is -2.27. The minimum absolute atomic E-state index is 0.0347. The maximum Gasteiger partial charge on any atom is 0.226 e. The molecule has 2 nitrogen and oxygen atoms in total. The second-order valence-corrected chi connectivity index (χ2v) is 6.20. The lowest BCUT2D eigenvalue weighted by molar-refractivity contribution is -0.137. The van der Waals surface area contributed by atoms with E-state index in [0.717, 1.165) is 0 Å². The second kappa shape index (κ2) is 7.79. The molecule has 116 valence electrons. The summed E-state index contributed by atoms with van der Waals surface area (Å²) in [5.74, 6) is 0.608. The van der Waals surface area contributed by atoms with E-state index >= 15 is 0 Å². The van der Waals surface area contributed by atoms with Gasteiger partial charge in [-0.15, -0.1) is 0 Å². The van der Waals surface area contributed by atoms with Crippen LogP contribution in [0.5, 0.6) is 0 Å². The summed E-state index contributed by atoms with van der Waals surface area (Å²) in [5.41, 5.74) is 2.34. The Hall–Kier alpha value is -2.09. The van der Waals surface area contributed by atoms with E-state index in [4.69, 9.17) is 0 Å². The molecule has 0 aliphatic rings. The van der Waals surface area contributed by atoms with E-state index in [9.17, 15) is 4.79 Å². The fourth-order valence-electron chi connectivity index (χ4n) is 2.39. The van der Waals surface area contributed by atoms with Gasteiger partial charge in [0.1, 0.15) is 0 Å². The zero-order chi connectivity index (χ0) is 15.9. The summed E-state index contributed by atoms with van der Waals surface area (Å²) in [4.78, 5) is 14.8. The molecule has 0 aliphatic heterocycles. The lowest BCUT2D eigenvalue weighted by atomic mass is 9.96. The highest BCUT2D eigenvalue weighted by Gasteiger charge is 2.23. The second-order valence-electron chi connectivity index (χ2n) is 6.20. The topological polar surface area (TPSA) is 20.3 Å². The molecule has 22 heavy (non-hydrogen) atoms. The summed E-state index contributed by atoms with van der Waals surface area (Å²) in [6.07, 6.45) is 0. The summed E-state index contributed by atoms with van der Waals surface area (Å²) < 4.78 is 0. The summed E-state index contributed by atoms with van der Waals surface area (Å²) >= 11 is 0. The molecule has 0 heterocycles. The molecule has 0 bridgehead atoms. The van der Waals surface area contributed by atoms with Crippen molar-refractivity contribution < 1.29 is 4.79 Å². The van der Waals surface area contributed by atoms with Gasteiger partial charge in [0.25, 0.3) is 0 Å². The Morgan fingerprint density at radius 2 is 1.23 bits per heavy atom. The van der Waals surface area contributed by atoms with Crippen LogP contribution >= 0.6 is 0 Å². The highest BCUT2D eigenvalue weighted by molar-refractivity contribution is 5.78. The van der Waals surface area contributed by atoms with Crippen LogP contribution in [0.1, 0.15) is 31.9 Å². The lowest BCUT2D eigenvalue weighted by Crippen LogP contribution is -2.36. The van der Waals surface area contributed by atoms with Crippen LogP contribution in [0.3, 0.4) is 0 Å². The number of hydrogen-bond donors (Lipinski definition) is 0. The number of hydrogen-bond acceptors (Lipinski definition) is 1. The first-order chi connectivity index (χ1) is 10.6. The van der Waals surface area contributed by atoms with Gasteiger partial charge in [0, 0.05) is 19.0 Å². The van der Waals surface area contributed by atoms with Crippen molar-refractivity contribution in [2.24, 2.45) is 11.8 Å². The third-order valence-electron chi connectivity index (χ3n) is 4.13. The van der Waals surface area contributed by atoms with Gasteiger partial charge >= 0.3 is 0 Å². The van der Waals surface area contributed by atoms with Crippen molar-refractivity contribution in [2.75, 3.05) is 0 Å². The zero-order valence-corrected chi connectivity index (χ0v) is 13.7. The van der Waals surface area contributed by atoms with Gasteiger partial charge in [-0.1, -0.05) is 81.4 Å². The van der Waals surface area contributed by atoms with Crippen molar-refractivity contribution in [2.45, 2.75) is 33.9 Å². The Morgan fingerprint density at radius 3 is 1.59 bits per heavy atom. The van der Waals surface area contributed by atoms with E-state index in [0.29, 0.717) is 19.0 Å². The number of amides is 1. The molecule has 0 saturated carbocycles. The van der Waals surface area contributed by atoms with Crippen molar-refractivity contribution in [3.8, 4) is 0 Å². The number of carbonyl (C=O) groups excluding carboxylic acids is 1.